The van der Waals surface area contributed by atoms with E-state index in [9.17, 15) is 34.2 Å². The highest BCUT2D eigenvalue weighted by Crippen LogP contribution is 2.50. The number of pyridine rings is 1. The van der Waals surface area contributed by atoms with E-state index in [0.717, 1.165) is 11.1 Å². The summed E-state index contributed by atoms with van der Waals surface area (Å²) in [4.78, 5) is 67.0. The molecule has 2 saturated heterocycles. The largest absolute Gasteiger partial charge is 0.508 e. The zero-order chi connectivity index (χ0) is 30.8. The second kappa shape index (κ2) is 10.3. The van der Waals surface area contributed by atoms with E-state index < -0.39 is 57.4 Å². The number of aromatic hydroxyl groups is 1. The molecule has 12 nitrogen and oxygen atoms in total. The third-order valence-corrected chi connectivity index (χ3v) is 9.71. The van der Waals surface area contributed by atoms with E-state index in [0.29, 0.717) is 36.3 Å². The number of aromatic nitrogens is 1. The number of aliphatic carboxylic acids is 1. The number of rotatable bonds is 8. The first-order valence-electron chi connectivity index (χ1n) is 13.9. The van der Waals surface area contributed by atoms with Gasteiger partial charge in [0.05, 0.1) is 17.5 Å². The van der Waals surface area contributed by atoms with Gasteiger partial charge in [0.15, 0.2) is 0 Å². The molecule has 3 aliphatic rings. The van der Waals surface area contributed by atoms with E-state index in [1.54, 1.807) is 19.9 Å². The second-order valence-corrected chi connectivity index (χ2v) is 13.1. The molecule has 6 rings (SSSR count). The minimum atomic E-state index is -1.33. The maximum atomic E-state index is 13.7. The molecular formula is C30H30N4O8S. The standard InChI is InChI=1S/C30H30N4O8S/c1-4-42-17-11-15-9-10-33-13-19(23(36)18(12-17)22(15)33)25(37)31-20(14-5-7-16(35)8-6-14)26(38)32-21-27(39)34-24(29(40)41)30(2,3)43-28(21)34/h5-8,11-13,20-21,24,28,35H,4,9-10H2,1-3H3,(H,31,37)(H,32,38)(H,40,41). The molecule has 0 spiro atoms. The van der Waals surface area contributed by atoms with Crippen molar-refractivity contribution in [3.63, 3.8) is 0 Å². The number of nitrogens with one attached hydrogen (secondary N) is 2. The molecule has 1 aromatic heterocycles. The van der Waals surface area contributed by atoms with Crippen LogP contribution in [0.5, 0.6) is 11.5 Å². The third-order valence-electron chi connectivity index (χ3n) is 8.14. The number of amides is 3. The Balaban J connectivity index is 1.30. The quantitative estimate of drug-likeness (QED) is 0.280. The van der Waals surface area contributed by atoms with Gasteiger partial charge < -0.3 is 35.1 Å². The Morgan fingerprint density at radius 1 is 1.16 bits per heavy atom. The summed E-state index contributed by atoms with van der Waals surface area (Å²) in [7, 11) is 0. The van der Waals surface area contributed by atoms with Crippen molar-refractivity contribution < 1.29 is 34.1 Å². The van der Waals surface area contributed by atoms with E-state index in [1.807, 2.05) is 17.6 Å². The Morgan fingerprint density at radius 2 is 1.88 bits per heavy atom. The molecule has 13 heteroatoms. The van der Waals surface area contributed by atoms with Crippen LogP contribution in [0, 0.1) is 0 Å². The minimum absolute atomic E-state index is 0.0555. The molecule has 4 N–H and O–H groups in total. The summed E-state index contributed by atoms with van der Waals surface area (Å²) in [5.41, 5.74) is 1.33. The van der Waals surface area contributed by atoms with Crippen LogP contribution in [0.1, 0.15) is 48.3 Å². The van der Waals surface area contributed by atoms with Crippen molar-refractivity contribution in [1.29, 1.82) is 0 Å². The first-order valence-corrected chi connectivity index (χ1v) is 14.7. The smallest absolute Gasteiger partial charge is 0.327 e. The summed E-state index contributed by atoms with van der Waals surface area (Å²) in [6.07, 6.45) is 2.16. The fourth-order valence-corrected chi connectivity index (χ4v) is 7.80. The lowest BCUT2D eigenvalue weighted by Gasteiger charge is -2.44. The van der Waals surface area contributed by atoms with Crippen LogP contribution in [0.25, 0.3) is 10.9 Å². The lowest BCUT2D eigenvalue weighted by Crippen LogP contribution is -2.71. The molecule has 3 aliphatic heterocycles. The number of phenolic OH excluding ortho intramolecular Hbond substituents is 1. The molecule has 0 radical (unpaired) electrons. The second-order valence-electron chi connectivity index (χ2n) is 11.3. The van der Waals surface area contributed by atoms with E-state index in [-0.39, 0.29) is 11.3 Å². The molecule has 0 aliphatic carbocycles. The van der Waals surface area contributed by atoms with Gasteiger partial charge in [0, 0.05) is 17.5 Å². The number of carboxylic acid groups (broad SMARTS) is 1. The number of thioether (sulfide) groups is 1. The monoisotopic (exact) mass is 606 g/mol. The number of aryl methyl sites for hydroxylation is 2. The van der Waals surface area contributed by atoms with Crippen LogP contribution >= 0.6 is 11.8 Å². The fourth-order valence-electron chi connectivity index (χ4n) is 6.18. The number of carbonyl (C=O) groups excluding carboxylic acids is 3. The van der Waals surface area contributed by atoms with Crippen LogP contribution in [0.3, 0.4) is 0 Å². The summed E-state index contributed by atoms with van der Waals surface area (Å²) in [6, 6.07) is 5.75. The number of carbonyl (C=O) groups is 4. The lowest BCUT2D eigenvalue weighted by atomic mass is 9.95. The van der Waals surface area contributed by atoms with Crippen LogP contribution in [0.2, 0.25) is 0 Å². The zero-order valence-electron chi connectivity index (χ0n) is 23.6. The number of ether oxygens (including phenoxy) is 1. The molecule has 3 amide bonds. The van der Waals surface area contributed by atoms with Crippen LogP contribution in [0.15, 0.2) is 47.4 Å². The molecule has 4 unspecified atom stereocenters. The molecule has 2 aromatic carbocycles. The van der Waals surface area contributed by atoms with Crippen molar-refractivity contribution in [3.8, 4) is 11.5 Å². The number of β-lactam (4-membered cyclic amide) rings is 1. The maximum absolute atomic E-state index is 13.7. The van der Waals surface area contributed by atoms with Crippen LogP contribution in [0.4, 0.5) is 0 Å². The number of nitrogens with zero attached hydrogens (tertiary/aromatic N) is 2. The SMILES string of the molecule is CCOc1cc2c3c(c1)c(=O)c(C(=O)NC(C(=O)NC1C(=O)N4C1SC(C)(C)C4C(=O)O)c1ccc(O)cc1)cn3CC2. The van der Waals surface area contributed by atoms with Gasteiger partial charge in [-0.05, 0) is 62.6 Å². The van der Waals surface area contributed by atoms with Gasteiger partial charge in [0.1, 0.15) is 40.6 Å². The first-order chi connectivity index (χ1) is 20.4. The van der Waals surface area contributed by atoms with Crippen molar-refractivity contribution in [2.75, 3.05) is 6.61 Å². The van der Waals surface area contributed by atoms with Crippen molar-refractivity contribution >= 4 is 46.4 Å². The Labute approximate surface area is 250 Å². The number of phenols is 1. The fraction of sp³-hybridized carbons (Fsp3) is 0.367. The van der Waals surface area contributed by atoms with E-state index in [2.05, 4.69) is 10.6 Å². The highest BCUT2D eigenvalue weighted by Gasteiger charge is 2.64. The lowest BCUT2D eigenvalue weighted by molar-refractivity contribution is -0.161. The van der Waals surface area contributed by atoms with Crippen LogP contribution in [-0.2, 0) is 27.3 Å². The Kier molecular flexibility index (Phi) is 6.87. The molecule has 4 atom stereocenters. The van der Waals surface area contributed by atoms with Gasteiger partial charge in [-0.2, -0.15) is 0 Å². The number of benzene rings is 2. The van der Waals surface area contributed by atoms with E-state index in [1.165, 1.54) is 47.1 Å². The average Bonchev–Trinajstić information content (AvgIpc) is 3.48. The summed E-state index contributed by atoms with van der Waals surface area (Å²) >= 11 is 1.28. The molecule has 3 aromatic rings. The Morgan fingerprint density at radius 3 is 2.56 bits per heavy atom. The highest BCUT2D eigenvalue weighted by molar-refractivity contribution is 8.01. The van der Waals surface area contributed by atoms with Gasteiger partial charge in [-0.3, -0.25) is 19.2 Å². The summed E-state index contributed by atoms with van der Waals surface area (Å²) in [5, 5.41) is 24.6. The minimum Gasteiger partial charge on any atom is -0.508 e. The normalized spacial score (nSPS) is 22.1. The topological polar surface area (TPSA) is 167 Å². The third kappa shape index (κ3) is 4.67. The van der Waals surface area contributed by atoms with Gasteiger partial charge in [-0.25, -0.2) is 4.79 Å². The van der Waals surface area contributed by atoms with E-state index in [4.69, 9.17) is 4.74 Å². The molecule has 2 fully saturated rings. The molecule has 4 heterocycles. The first kappa shape index (κ1) is 28.6. The van der Waals surface area contributed by atoms with Gasteiger partial charge in [-0.15, -0.1) is 11.8 Å². The van der Waals surface area contributed by atoms with Crippen LogP contribution in [-0.4, -0.2) is 72.2 Å². The molecule has 0 bridgehead atoms. The maximum Gasteiger partial charge on any atom is 0.327 e. The highest BCUT2D eigenvalue weighted by atomic mass is 32.2. The number of carboxylic acids is 1. The Hall–Kier alpha value is -4.52. The van der Waals surface area contributed by atoms with Crippen molar-refractivity contribution in [3.05, 3.63) is 69.5 Å². The number of hydrogen-bond acceptors (Lipinski definition) is 8. The predicted molar refractivity (Wildman–Crippen MR) is 157 cm³/mol. The summed E-state index contributed by atoms with van der Waals surface area (Å²) in [5.74, 6) is -2.69. The molecule has 224 valence electrons. The summed E-state index contributed by atoms with van der Waals surface area (Å²) in [6.45, 7) is 6.28. The van der Waals surface area contributed by atoms with Gasteiger partial charge in [0.2, 0.25) is 17.2 Å². The summed E-state index contributed by atoms with van der Waals surface area (Å²) < 4.78 is 6.69. The van der Waals surface area contributed by atoms with Crippen molar-refractivity contribution in [1.82, 2.24) is 20.1 Å². The molecular weight excluding hydrogens is 576 g/mol. The van der Waals surface area contributed by atoms with Gasteiger partial charge in [-0.1, -0.05) is 12.1 Å². The van der Waals surface area contributed by atoms with Crippen molar-refractivity contribution in [2.45, 2.75) is 62.0 Å². The molecule has 0 saturated carbocycles. The molecule has 43 heavy (non-hydrogen) atoms. The number of fused-ring (bicyclic) bond motifs is 1. The van der Waals surface area contributed by atoms with Crippen molar-refractivity contribution in [2.24, 2.45) is 0 Å². The van der Waals surface area contributed by atoms with Crippen LogP contribution < -0.4 is 20.8 Å². The van der Waals surface area contributed by atoms with Gasteiger partial charge >= 0.3 is 5.97 Å². The average molecular weight is 607 g/mol. The van der Waals surface area contributed by atoms with E-state index >= 15 is 0 Å². The Bertz CT molecular complexity index is 1750. The predicted octanol–water partition coefficient (Wildman–Crippen LogP) is 1.76. The zero-order valence-corrected chi connectivity index (χ0v) is 24.4. The number of hydrogen-bond donors (Lipinski definition) is 4. The van der Waals surface area contributed by atoms with Gasteiger partial charge in [0.25, 0.3) is 5.91 Å².